The van der Waals surface area contributed by atoms with E-state index in [0.29, 0.717) is 36.9 Å². The van der Waals surface area contributed by atoms with Crippen LogP contribution in [0.4, 0.5) is 0 Å². The molecule has 0 bridgehead atoms. The SMILES string of the molecule is O=C1CCCCN1Cc1nc(C2CC(c3ccccc3)N3CCC[C@@H]23)no1. The first-order valence-corrected chi connectivity index (χ1v) is 10.2. The van der Waals surface area contributed by atoms with Crippen LogP contribution in [0.3, 0.4) is 0 Å². The fraction of sp³-hybridized carbons (Fsp3) is 0.571. The summed E-state index contributed by atoms with van der Waals surface area (Å²) in [5.41, 5.74) is 1.38. The molecule has 0 spiro atoms. The Hall–Kier alpha value is -2.21. The third-order valence-electron chi connectivity index (χ3n) is 6.43. The van der Waals surface area contributed by atoms with Gasteiger partial charge in [-0.1, -0.05) is 35.5 Å². The number of likely N-dealkylation sites (tertiary alicyclic amines) is 1. The molecule has 6 nitrogen and oxygen atoms in total. The molecule has 1 amide bonds. The van der Waals surface area contributed by atoms with Gasteiger partial charge in [-0.3, -0.25) is 9.69 Å². The number of nitrogens with zero attached hydrogens (tertiary/aromatic N) is 4. The molecule has 1 aromatic heterocycles. The Balaban J connectivity index is 1.34. The lowest BCUT2D eigenvalue weighted by molar-refractivity contribution is -0.134. The van der Waals surface area contributed by atoms with E-state index in [9.17, 15) is 4.79 Å². The molecule has 0 saturated carbocycles. The smallest absolute Gasteiger partial charge is 0.246 e. The van der Waals surface area contributed by atoms with Crippen LogP contribution in [0.15, 0.2) is 34.9 Å². The molecule has 3 aliphatic heterocycles. The van der Waals surface area contributed by atoms with E-state index in [1.807, 2.05) is 4.90 Å². The number of amides is 1. The maximum Gasteiger partial charge on any atom is 0.246 e. The average Bonchev–Trinajstić information content (AvgIpc) is 3.41. The second kappa shape index (κ2) is 7.08. The number of hydrogen-bond acceptors (Lipinski definition) is 5. The number of aromatic nitrogens is 2. The van der Waals surface area contributed by atoms with Gasteiger partial charge in [0.1, 0.15) is 0 Å². The molecule has 6 heteroatoms. The molecule has 0 aliphatic carbocycles. The molecule has 3 saturated heterocycles. The minimum atomic E-state index is 0.202. The Kier molecular flexibility index (Phi) is 4.44. The summed E-state index contributed by atoms with van der Waals surface area (Å²) in [6.45, 7) is 2.40. The number of fused-ring (bicyclic) bond motifs is 1. The van der Waals surface area contributed by atoms with Crippen LogP contribution in [0.25, 0.3) is 0 Å². The van der Waals surface area contributed by atoms with Crippen LogP contribution < -0.4 is 0 Å². The molecule has 4 heterocycles. The van der Waals surface area contributed by atoms with E-state index in [4.69, 9.17) is 9.51 Å². The molecule has 142 valence electrons. The molecule has 2 unspecified atom stereocenters. The zero-order valence-electron chi connectivity index (χ0n) is 15.6. The fourth-order valence-electron chi connectivity index (χ4n) is 5.12. The van der Waals surface area contributed by atoms with Gasteiger partial charge < -0.3 is 9.42 Å². The summed E-state index contributed by atoms with van der Waals surface area (Å²) >= 11 is 0. The van der Waals surface area contributed by atoms with Crippen LogP contribution in [-0.4, -0.2) is 45.0 Å². The van der Waals surface area contributed by atoms with Gasteiger partial charge in [0.25, 0.3) is 0 Å². The molecule has 3 fully saturated rings. The van der Waals surface area contributed by atoms with E-state index < -0.39 is 0 Å². The number of carbonyl (C=O) groups excluding carboxylic acids is 1. The minimum absolute atomic E-state index is 0.202. The van der Waals surface area contributed by atoms with Crippen molar-refractivity contribution >= 4 is 5.91 Å². The molecule has 5 rings (SSSR count). The highest BCUT2D eigenvalue weighted by Crippen LogP contribution is 2.48. The van der Waals surface area contributed by atoms with Crippen molar-refractivity contribution in [2.75, 3.05) is 13.1 Å². The molecule has 3 aliphatic rings. The van der Waals surface area contributed by atoms with Crippen molar-refractivity contribution in [3.63, 3.8) is 0 Å². The van der Waals surface area contributed by atoms with Crippen LogP contribution in [0.5, 0.6) is 0 Å². The summed E-state index contributed by atoms with van der Waals surface area (Å²) in [4.78, 5) is 21.2. The van der Waals surface area contributed by atoms with E-state index in [2.05, 4.69) is 40.4 Å². The predicted molar refractivity (Wildman–Crippen MR) is 99.8 cm³/mol. The summed E-state index contributed by atoms with van der Waals surface area (Å²) in [6.07, 6.45) is 6.16. The molecule has 0 radical (unpaired) electrons. The number of carbonyl (C=O) groups is 1. The predicted octanol–water partition coefficient (Wildman–Crippen LogP) is 3.28. The molecule has 3 atom stereocenters. The van der Waals surface area contributed by atoms with Gasteiger partial charge in [-0.15, -0.1) is 0 Å². The number of benzene rings is 1. The topological polar surface area (TPSA) is 62.5 Å². The lowest BCUT2D eigenvalue weighted by Crippen LogP contribution is -2.34. The normalized spacial score (nSPS) is 28.7. The monoisotopic (exact) mass is 366 g/mol. The van der Waals surface area contributed by atoms with E-state index in [-0.39, 0.29) is 5.91 Å². The van der Waals surface area contributed by atoms with Crippen molar-refractivity contribution in [2.24, 2.45) is 0 Å². The number of hydrogen-bond donors (Lipinski definition) is 0. The van der Waals surface area contributed by atoms with Crippen LogP contribution in [0.2, 0.25) is 0 Å². The lowest BCUT2D eigenvalue weighted by Gasteiger charge is -2.24. The highest BCUT2D eigenvalue weighted by atomic mass is 16.5. The fourth-order valence-corrected chi connectivity index (χ4v) is 5.12. The molecule has 27 heavy (non-hydrogen) atoms. The molecule has 0 N–H and O–H groups in total. The quantitative estimate of drug-likeness (QED) is 0.831. The van der Waals surface area contributed by atoms with Gasteiger partial charge in [0.05, 0.1) is 6.54 Å². The van der Waals surface area contributed by atoms with Gasteiger partial charge in [0.2, 0.25) is 11.8 Å². The molecular formula is C21H26N4O2. The van der Waals surface area contributed by atoms with Crippen LogP contribution in [0.1, 0.15) is 67.8 Å². The van der Waals surface area contributed by atoms with Gasteiger partial charge in [0.15, 0.2) is 5.82 Å². The highest BCUT2D eigenvalue weighted by molar-refractivity contribution is 5.76. The first-order valence-electron chi connectivity index (χ1n) is 10.2. The first-order chi connectivity index (χ1) is 13.3. The maximum atomic E-state index is 12.0. The summed E-state index contributed by atoms with van der Waals surface area (Å²) < 4.78 is 5.54. The maximum absolute atomic E-state index is 12.0. The molecular weight excluding hydrogens is 340 g/mol. The van der Waals surface area contributed by atoms with Crippen molar-refractivity contribution < 1.29 is 9.32 Å². The van der Waals surface area contributed by atoms with Crippen molar-refractivity contribution in [2.45, 2.75) is 63.1 Å². The van der Waals surface area contributed by atoms with E-state index in [1.165, 1.54) is 18.4 Å². The zero-order chi connectivity index (χ0) is 18.2. The molecule has 2 aromatic rings. The van der Waals surface area contributed by atoms with Gasteiger partial charge in [-0.25, -0.2) is 0 Å². The summed E-state index contributed by atoms with van der Waals surface area (Å²) in [5.74, 6) is 1.91. The Labute approximate surface area is 159 Å². The molecule has 1 aromatic carbocycles. The second-order valence-electron chi connectivity index (χ2n) is 8.03. The number of rotatable bonds is 4. The third-order valence-corrected chi connectivity index (χ3v) is 6.43. The van der Waals surface area contributed by atoms with Crippen LogP contribution in [-0.2, 0) is 11.3 Å². The van der Waals surface area contributed by atoms with Gasteiger partial charge in [0, 0.05) is 31.0 Å². The minimum Gasteiger partial charge on any atom is -0.337 e. The van der Waals surface area contributed by atoms with Crippen molar-refractivity contribution in [1.82, 2.24) is 19.9 Å². The number of piperidine rings is 1. The lowest BCUT2D eigenvalue weighted by atomic mass is 9.94. The Morgan fingerprint density at radius 1 is 1.11 bits per heavy atom. The van der Waals surface area contributed by atoms with Crippen LogP contribution >= 0.6 is 0 Å². The zero-order valence-corrected chi connectivity index (χ0v) is 15.6. The summed E-state index contributed by atoms with van der Waals surface area (Å²) in [6, 6.07) is 11.7. The van der Waals surface area contributed by atoms with Crippen molar-refractivity contribution in [3.05, 3.63) is 47.6 Å². The average molecular weight is 366 g/mol. The van der Waals surface area contributed by atoms with Gasteiger partial charge in [-0.2, -0.15) is 4.98 Å². The largest absolute Gasteiger partial charge is 0.337 e. The van der Waals surface area contributed by atoms with E-state index in [0.717, 1.165) is 38.2 Å². The second-order valence-corrected chi connectivity index (χ2v) is 8.03. The van der Waals surface area contributed by atoms with E-state index in [1.54, 1.807) is 0 Å². The van der Waals surface area contributed by atoms with Gasteiger partial charge >= 0.3 is 0 Å². The summed E-state index contributed by atoms with van der Waals surface area (Å²) in [5, 5.41) is 4.33. The van der Waals surface area contributed by atoms with Crippen LogP contribution in [0, 0.1) is 0 Å². The third kappa shape index (κ3) is 3.16. The summed E-state index contributed by atoms with van der Waals surface area (Å²) in [7, 11) is 0. The Morgan fingerprint density at radius 3 is 2.85 bits per heavy atom. The Morgan fingerprint density at radius 2 is 2.00 bits per heavy atom. The highest BCUT2D eigenvalue weighted by Gasteiger charge is 2.46. The Bertz CT molecular complexity index is 806. The van der Waals surface area contributed by atoms with Gasteiger partial charge in [-0.05, 0) is 44.2 Å². The van der Waals surface area contributed by atoms with Crippen molar-refractivity contribution in [1.29, 1.82) is 0 Å². The standard InChI is InChI=1S/C21H26N4O2/c26-20-10-4-5-11-24(20)14-19-22-21(23-27-19)16-13-18(15-7-2-1-3-8-15)25-12-6-9-17(16)25/h1-3,7-8,16-18H,4-6,9-14H2/t16?,17-,18?/m0/s1. The van der Waals surface area contributed by atoms with E-state index >= 15 is 0 Å². The first kappa shape index (κ1) is 16.9. The van der Waals surface area contributed by atoms with Crippen molar-refractivity contribution in [3.8, 4) is 0 Å².